The average molecular weight is 366 g/mol. The zero-order valence-electron chi connectivity index (χ0n) is 15.3. The Labute approximate surface area is 148 Å². The van der Waals surface area contributed by atoms with Crippen molar-refractivity contribution in [1.29, 1.82) is 0 Å². The van der Waals surface area contributed by atoms with Crippen LogP contribution in [-0.2, 0) is 33.2 Å². The fourth-order valence-electron chi connectivity index (χ4n) is 1.96. The molecule has 9 nitrogen and oxygen atoms in total. The summed E-state index contributed by atoms with van der Waals surface area (Å²) in [5, 5.41) is 18.6. The van der Waals surface area contributed by atoms with E-state index in [1.807, 2.05) is 0 Å². The topological polar surface area (TPSA) is 113 Å². The maximum Gasteiger partial charge on any atom is 0.306 e. The average Bonchev–Trinajstić information content (AvgIpc) is 2.55. The first-order valence-corrected chi connectivity index (χ1v) is 7.84. The van der Waals surface area contributed by atoms with E-state index in [0.717, 1.165) is 0 Å². The minimum absolute atomic E-state index is 0.0402. The molecule has 25 heavy (non-hydrogen) atoms. The van der Waals surface area contributed by atoms with Crippen molar-refractivity contribution in [2.75, 3.05) is 41.7 Å². The van der Waals surface area contributed by atoms with E-state index in [9.17, 15) is 9.90 Å². The van der Waals surface area contributed by atoms with Crippen LogP contribution in [0.25, 0.3) is 0 Å². The predicted octanol–water partition coefficient (Wildman–Crippen LogP) is 0.756. The Hall–Kier alpha value is -1.07. The zero-order valence-corrected chi connectivity index (χ0v) is 15.3. The molecule has 0 aromatic carbocycles. The van der Waals surface area contributed by atoms with Gasteiger partial charge in [-0.25, -0.2) is 0 Å². The molecule has 0 rings (SSSR count). The molecule has 0 aromatic heterocycles. The van der Waals surface area contributed by atoms with Crippen molar-refractivity contribution >= 4 is 5.97 Å². The largest absolute Gasteiger partial charge is 0.481 e. The van der Waals surface area contributed by atoms with Crippen LogP contribution in [0.3, 0.4) is 0 Å². The van der Waals surface area contributed by atoms with Gasteiger partial charge in [-0.05, 0) is 6.92 Å². The van der Waals surface area contributed by atoms with Gasteiger partial charge in [0.25, 0.3) is 0 Å². The Balaban J connectivity index is 5.09. The fourth-order valence-corrected chi connectivity index (χ4v) is 1.96. The van der Waals surface area contributed by atoms with Crippen LogP contribution in [0.1, 0.15) is 19.8 Å². The molecule has 148 valence electrons. The highest BCUT2D eigenvalue weighted by molar-refractivity contribution is 5.67. The maximum atomic E-state index is 11.1. The Bertz CT molecular complexity index is 360. The third-order valence-electron chi connectivity index (χ3n) is 3.01. The zero-order chi connectivity index (χ0) is 19.1. The molecule has 0 radical (unpaired) electrons. The minimum atomic E-state index is -1.03. The summed E-state index contributed by atoms with van der Waals surface area (Å²) < 4.78 is 31.0. The molecule has 0 heterocycles. The monoisotopic (exact) mass is 366 g/mol. The second-order valence-electron chi connectivity index (χ2n) is 5.33. The summed E-state index contributed by atoms with van der Waals surface area (Å²) in [6, 6.07) is 0. The lowest BCUT2D eigenvalue weighted by molar-refractivity contribution is -0.160. The van der Waals surface area contributed by atoms with Crippen molar-refractivity contribution in [1.82, 2.24) is 0 Å². The first-order chi connectivity index (χ1) is 11.9. The van der Waals surface area contributed by atoms with Crippen LogP contribution in [0.2, 0.25) is 0 Å². The second kappa shape index (κ2) is 15.2. The fraction of sp³-hybridized carbons (Fsp3) is 0.812. The number of methoxy groups -OCH3 is 3. The lowest BCUT2D eigenvalue weighted by Gasteiger charge is -2.24. The quantitative estimate of drug-likeness (QED) is 0.302. The van der Waals surface area contributed by atoms with Gasteiger partial charge in [-0.2, -0.15) is 0 Å². The van der Waals surface area contributed by atoms with Crippen molar-refractivity contribution in [3.63, 3.8) is 0 Å². The number of hydrogen-bond donors (Lipinski definition) is 2. The van der Waals surface area contributed by atoms with Gasteiger partial charge >= 0.3 is 5.97 Å². The molecule has 0 spiro atoms. The standard InChI is InChI=1S/C16H30O9/c1-12(17)7-13(23-9-20-2)5-6-14(24-10-21-3)15(8-16(18)19)25-11-22-4/h5-6,12-15,17H,7-11H2,1-4H3,(H,18,19)/t12-,13-,14+,15+/m1/s1. The van der Waals surface area contributed by atoms with Gasteiger partial charge in [0, 0.05) is 27.8 Å². The first kappa shape index (κ1) is 23.9. The summed E-state index contributed by atoms with van der Waals surface area (Å²) in [5.41, 5.74) is 0. The number of ether oxygens (including phenoxy) is 6. The Morgan fingerprint density at radius 3 is 2.04 bits per heavy atom. The van der Waals surface area contributed by atoms with Gasteiger partial charge in [0.05, 0.1) is 18.6 Å². The molecule has 0 aliphatic rings. The molecule has 0 bridgehead atoms. The number of aliphatic carboxylic acids is 1. The van der Waals surface area contributed by atoms with Crippen LogP contribution in [-0.4, -0.2) is 82.3 Å². The number of carbonyl (C=O) groups is 1. The summed E-state index contributed by atoms with van der Waals surface area (Å²) >= 11 is 0. The van der Waals surface area contributed by atoms with Crippen LogP contribution in [0, 0.1) is 0 Å². The Morgan fingerprint density at radius 1 is 0.960 bits per heavy atom. The van der Waals surface area contributed by atoms with Gasteiger partial charge in [-0.3, -0.25) is 4.79 Å². The summed E-state index contributed by atoms with van der Waals surface area (Å²) in [5.74, 6) is -1.03. The van der Waals surface area contributed by atoms with Crippen LogP contribution < -0.4 is 0 Å². The molecule has 4 atom stereocenters. The highest BCUT2D eigenvalue weighted by Crippen LogP contribution is 2.14. The summed E-state index contributed by atoms with van der Waals surface area (Å²) in [6.45, 7) is 1.59. The number of aliphatic hydroxyl groups is 1. The van der Waals surface area contributed by atoms with E-state index in [0.29, 0.717) is 6.42 Å². The summed E-state index contributed by atoms with van der Waals surface area (Å²) in [4.78, 5) is 11.1. The molecule has 0 aliphatic carbocycles. The molecule has 0 aliphatic heterocycles. The predicted molar refractivity (Wildman–Crippen MR) is 87.9 cm³/mol. The number of aliphatic hydroxyl groups excluding tert-OH is 1. The normalized spacial score (nSPS) is 16.7. The van der Waals surface area contributed by atoms with E-state index in [1.165, 1.54) is 21.3 Å². The molecule has 0 fully saturated rings. The van der Waals surface area contributed by atoms with E-state index in [1.54, 1.807) is 19.1 Å². The molecule has 0 unspecified atom stereocenters. The maximum absolute atomic E-state index is 11.1. The van der Waals surface area contributed by atoms with E-state index in [-0.39, 0.29) is 26.8 Å². The first-order valence-electron chi connectivity index (χ1n) is 7.84. The number of carboxylic acid groups (broad SMARTS) is 1. The SMILES string of the molecule is COCO[C@H](C=C[C@H](OCOC)[C@H](CC(=O)O)OCOC)C[C@@H](C)O. The van der Waals surface area contributed by atoms with Gasteiger partial charge in [0.2, 0.25) is 0 Å². The molecular formula is C16H30O9. The molecule has 0 aromatic rings. The number of rotatable bonds is 16. The van der Waals surface area contributed by atoms with E-state index >= 15 is 0 Å². The third kappa shape index (κ3) is 12.9. The summed E-state index contributed by atoms with van der Waals surface area (Å²) in [7, 11) is 4.39. The third-order valence-corrected chi connectivity index (χ3v) is 3.01. The molecule has 0 amide bonds. The molecule has 0 saturated carbocycles. The lowest BCUT2D eigenvalue weighted by atomic mass is 10.1. The van der Waals surface area contributed by atoms with E-state index in [2.05, 4.69) is 0 Å². The van der Waals surface area contributed by atoms with Crippen molar-refractivity contribution < 1.29 is 43.4 Å². The van der Waals surface area contributed by atoms with Gasteiger partial charge in [0.1, 0.15) is 32.6 Å². The van der Waals surface area contributed by atoms with Crippen LogP contribution >= 0.6 is 0 Å². The molecule has 2 N–H and O–H groups in total. The smallest absolute Gasteiger partial charge is 0.306 e. The Morgan fingerprint density at radius 2 is 1.52 bits per heavy atom. The summed E-state index contributed by atoms with van der Waals surface area (Å²) in [6.07, 6.45) is 0.891. The second-order valence-corrected chi connectivity index (χ2v) is 5.33. The van der Waals surface area contributed by atoms with Crippen molar-refractivity contribution in [3.8, 4) is 0 Å². The number of hydrogen-bond acceptors (Lipinski definition) is 8. The molecule has 9 heteroatoms. The molecular weight excluding hydrogens is 336 g/mol. The van der Waals surface area contributed by atoms with Crippen molar-refractivity contribution in [2.24, 2.45) is 0 Å². The van der Waals surface area contributed by atoms with Gasteiger partial charge in [0.15, 0.2) is 0 Å². The Kier molecular flexibility index (Phi) is 14.6. The van der Waals surface area contributed by atoms with Crippen molar-refractivity contribution in [2.45, 2.75) is 44.2 Å². The van der Waals surface area contributed by atoms with Crippen molar-refractivity contribution in [3.05, 3.63) is 12.2 Å². The van der Waals surface area contributed by atoms with E-state index < -0.39 is 30.4 Å². The van der Waals surface area contributed by atoms with Crippen LogP contribution in [0.15, 0.2) is 12.2 Å². The highest BCUT2D eigenvalue weighted by Gasteiger charge is 2.24. The van der Waals surface area contributed by atoms with Gasteiger partial charge in [-0.15, -0.1) is 0 Å². The number of carboxylic acids is 1. The van der Waals surface area contributed by atoms with Gasteiger partial charge < -0.3 is 38.6 Å². The lowest BCUT2D eigenvalue weighted by Crippen LogP contribution is -2.34. The highest BCUT2D eigenvalue weighted by atomic mass is 16.7. The van der Waals surface area contributed by atoms with E-state index in [4.69, 9.17) is 33.5 Å². The van der Waals surface area contributed by atoms with Crippen LogP contribution in [0.4, 0.5) is 0 Å². The van der Waals surface area contributed by atoms with Gasteiger partial charge in [-0.1, -0.05) is 12.2 Å². The molecule has 0 saturated heterocycles. The van der Waals surface area contributed by atoms with Crippen LogP contribution in [0.5, 0.6) is 0 Å². The minimum Gasteiger partial charge on any atom is -0.481 e.